The summed E-state index contributed by atoms with van der Waals surface area (Å²) in [6.45, 7) is 0. The van der Waals surface area contributed by atoms with Crippen LogP contribution in [0.4, 0.5) is 0 Å². The smallest absolute Gasteiger partial charge is 0.337 e. The molecule has 1 aromatic carbocycles. The first-order valence-corrected chi connectivity index (χ1v) is 4.19. The number of methoxy groups -OCH3 is 1. The molecule has 0 radical (unpaired) electrons. The summed E-state index contributed by atoms with van der Waals surface area (Å²) in [6.07, 6.45) is 5.07. The molecular weight excluding hydrogens is 164 g/mol. The van der Waals surface area contributed by atoms with Gasteiger partial charge in [0.2, 0.25) is 0 Å². The van der Waals surface area contributed by atoms with Crippen molar-refractivity contribution in [3.63, 3.8) is 0 Å². The molecule has 0 bridgehead atoms. The summed E-state index contributed by atoms with van der Waals surface area (Å²) in [5.74, 6) is -0.269. The van der Waals surface area contributed by atoms with Gasteiger partial charge in [-0.15, -0.1) is 0 Å². The van der Waals surface area contributed by atoms with Crippen LogP contribution in [0.25, 0.3) is 6.08 Å². The van der Waals surface area contributed by atoms with Gasteiger partial charge in [-0.2, -0.15) is 0 Å². The minimum absolute atomic E-state index is 0.269. The van der Waals surface area contributed by atoms with Gasteiger partial charge >= 0.3 is 5.97 Å². The summed E-state index contributed by atoms with van der Waals surface area (Å²) >= 11 is 0. The van der Waals surface area contributed by atoms with Crippen molar-refractivity contribution >= 4 is 12.0 Å². The SMILES string of the molecule is COC(=O)c1ccc2c(c1)CC=C2. The monoisotopic (exact) mass is 174 g/mol. The van der Waals surface area contributed by atoms with E-state index in [1.165, 1.54) is 18.2 Å². The van der Waals surface area contributed by atoms with E-state index in [-0.39, 0.29) is 5.97 Å². The van der Waals surface area contributed by atoms with Gasteiger partial charge in [0.05, 0.1) is 12.7 Å². The molecule has 0 spiro atoms. The number of fused-ring (bicyclic) bond motifs is 1. The summed E-state index contributed by atoms with van der Waals surface area (Å²) in [6, 6.07) is 5.63. The van der Waals surface area contributed by atoms with Crippen molar-refractivity contribution in [2.24, 2.45) is 0 Å². The lowest BCUT2D eigenvalue weighted by Crippen LogP contribution is -2.01. The molecule has 2 rings (SSSR count). The van der Waals surface area contributed by atoms with Gasteiger partial charge in [-0.05, 0) is 29.7 Å². The number of rotatable bonds is 1. The van der Waals surface area contributed by atoms with Crippen molar-refractivity contribution in [3.05, 3.63) is 41.0 Å². The van der Waals surface area contributed by atoms with Gasteiger partial charge in [-0.1, -0.05) is 18.2 Å². The van der Waals surface area contributed by atoms with E-state index in [9.17, 15) is 4.79 Å². The molecule has 2 heteroatoms. The van der Waals surface area contributed by atoms with E-state index in [0.29, 0.717) is 5.56 Å². The summed E-state index contributed by atoms with van der Waals surface area (Å²) < 4.78 is 4.64. The average Bonchev–Trinajstić information content (AvgIpc) is 2.63. The summed E-state index contributed by atoms with van der Waals surface area (Å²) in [5.41, 5.74) is 3.03. The van der Waals surface area contributed by atoms with Crippen LogP contribution in [0, 0.1) is 0 Å². The number of carbonyl (C=O) groups excluding carboxylic acids is 1. The molecule has 0 amide bonds. The fourth-order valence-electron chi connectivity index (χ4n) is 1.50. The highest BCUT2D eigenvalue weighted by Gasteiger charge is 2.09. The van der Waals surface area contributed by atoms with Gasteiger partial charge in [0, 0.05) is 0 Å². The highest BCUT2D eigenvalue weighted by Crippen LogP contribution is 2.20. The zero-order valence-electron chi connectivity index (χ0n) is 7.41. The van der Waals surface area contributed by atoms with Gasteiger partial charge in [-0.25, -0.2) is 4.79 Å². The Hall–Kier alpha value is -1.57. The lowest BCUT2D eigenvalue weighted by molar-refractivity contribution is 0.0600. The molecule has 1 aliphatic rings. The predicted molar refractivity (Wildman–Crippen MR) is 50.5 cm³/mol. The van der Waals surface area contributed by atoms with Gasteiger partial charge in [0.1, 0.15) is 0 Å². The maximum atomic E-state index is 11.2. The quantitative estimate of drug-likeness (QED) is 0.609. The van der Waals surface area contributed by atoms with E-state index >= 15 is 0 Å². The molecule has 1 aliphatic carbocycles. The Labute approximate surface area is 76.8 Å². The summed E-state index contributed by atoms with van der Waals surface area (Å²) in [5, 5.41) is 0. The second-order valence-electron chi connectivity index (χ2n) is 3.01. The molecule has 1 aromatic rings. The topological polar surface area (TPSA) is 26.3 Å². The van der Waals surface area contributed by atoms with Crippen LogP contribution in [0.2, 0.25) is 0 Å². The molecule has 66 valence electrons. The van der Waals surface area contributed by atoms with Crippen molar-refractivity contribution in [3.8, 4) is 0 Å². The van der Waals surface area contributed by atoms with E-state index in [0.717, 1.165) is 6.42 Å². The normalized spacial score (nSPS) is 12.7. The standard InChI is InChI=1S/C11H10O2/c1-13-11(12)10-6-5-8-3-2-4-9(8)7-10/h2-3,5-7H,4H2,1H3. The third-order valence-corrected chi connectivity index (χ3v) is 2.20. The van der Waals surface area contributed by atoms with E-state index in [2.05, 4.69) is 16.9 Å². The Balaban J connectivity index is 2.38. The van der Waals surface area contributed by atoms with Gasteiger partial charge < -0.3 is 4.74 Å². The number of hydrogen-bond acceptors (Lipinski definition) is 2. The second kappa shape index (κ2) is 3.05. The number of benzene rings is 1. The van der Waals surface area contributed by atoms with Crippen LogP contribution < -0.4 is 0 Å². The summed E-state index contributed by atoms with van der Waals surface area (Å²) in [7, 11) is 1.40. The molecule has 0 saturated heterocycles. The molecule has 0 unspecified atom stereocenters. The van der Waals surface area contributed by atoms with Crippen molar-refractivity contribution in [1.82, 2.24) is 0 Å². The largest absolute Gasteiger partial charge is 0.465 e. The maximum Gasteiger partial charge on any atom is 0.337 e. The van der Waals surface area contributed by atoms with Crippen LogP contribution in [-0.4, -0.2) is 13.1 Å². The number of hydrogen-bond donors (Lipinski definition) is 0. The Bertz CT molecular complexity index is 378. The van der Waals surface area contributed by atoms with Gasteiger partial charge in [0.25, 0.3) is 0 Å². The number of esters is 1. The maximum absolute atomic E-state index is 11.2. The third kappa shape index (κ3) is 1.35. The average molecular weight is 174 g/mol. The van der Waals surface area contributed by atoms with Crippen molar-refractivity contribution < 1.29 is 9.53 Å². The lowest BCUT2D eigenvalue weighted by atomic mass is 10.1. The van der Waals surface area contributed by atoms with Crippen LogP contribution in [0.1, 0.15) is 21.5 Å². The molecular formula is C11H10O2. The first kappa shape index (κ1) is 8.05. The number of carbonyl (C=O) groups is 1. The van der Waals surface area contributed by atoms with E-state index in [4.69, 9.17) is 0 Å². The fraction of sp³-hybridized carbons (Fsp3) is 0.182. The van der Waals surface area contributed by atoms with Crippen LogP contribution in [0.3, 0.4) is 0 Å². The van der Waals surface area contributed by atoms with Crippen LogP contribution >= 0.6 is 0 Å². The molecule has 0 atom stereocenters. The van der Waals surface area contributed by atoms with Crippen LogP contribution in [-0.2, 0) is 11.2 Å². The van der Waals surface area contributed by atoms with Crippen LogP contribution in [0.5, 0.6) is 0 Å². The Morgan fingerprint density at radius 3 is 3.08 bits per heavy atom. The molecule has 0 N–H and O–H groups in total. The molecule has 2 nitrogen and oxygen atoms in total. The van der Waals surface area contributed by atoms with E-state index in [1.807, 2.05) is 12.1 Å². The summed E-state index contributed by atoms with van der Waals surface area (Å²) in [4.78, 5) is 11.2. The first-order valence-electron chi connectivity index (χ1n) is 4.19. The van der Waals surface area contributed by atoms with Gasteiger partial charge in [-0.3, -0.25) is 0 Å². The van der Waals surface area contributed by atoms with E-state index in [1.54, 1.807) is 6.07 Å². The molecule has 13 heavy (non-hydrogen) atoms. The fourth-order valence-corrected chi connectivity index (χ4v) is 1.50. The molecule has 0 heterocycles. The number of allylic oxidation sites excluding steroid dienone is 1. The highest BCUT2D eigenvalue weighted by molar-refractivity contribution is 5.90. The Morgan fingerprint density at radius 2 is 2.31 bits per heavy atom. The zero-order valence-corrected chi connectivity index (χ0v) is 7.41. The minimum atomic E-state index is -0.269. The molecule has 0 aromatic heterocycles. The lowest BCUT2D eigenvalue weighted by Gasteiger charge is -2.02. The minimum Gasteiger partial charge on any atom is -0.465 e. The van der Waals surface area contributed by atoms with Crippen molar-refractivity contribution in [2.75, 3.05) is 7.11 Å². The van der Waals surface area contributed by atoms with Crippen LogP contribution in [0.15, 0.2) is 24.3 Å². The molecule has 0 aliphatic heterocycles. The second-order valence-corrected chi connectivity index (χ2v) is 3.01. The molecule has 0 saturated carbocycles. The predicted octanol–water partition coefficient (Wildman–Crippen LogP) is 2.04. The highest BCUT2D eigenvalue weighted by atomic mass is 16.5. The van der Waals surface area contributed by atoms with Gasteiger partial charge in [0.15, 0.2) is 0 Å². The number of ether oxygens (including phenoxy) is 1. The first-order chi connectivity index (χ1) is 6.31. The van der Waals surface area contributed by atoms with Crippen molar-refractivity contribution in [1.29, 1.82) is 0 Å². The van der Waals surface area contributed by atoms with Crippen molar-refractivity contribution in [2.45, 2.75) is 6.42 Å². The Morgan fingerprint density at radius 1 is 1.46 bits per heavy atom. The molecule has 0 fully saturated rings. The third-order valence-electron chi connectivity index (χ3n) is 2.20. The zero-order chi connectivity index (χ0) is 9.26. The van der Waals surface area contributed by atoms with E-state index < -0.39 is 0 Å². The Kier molecular flexibility index (Phi) is 1.89.